The summed E-state index contributed by atoms with van der Waals surface area (Å²) >= 11 is 1.64. The lowest BCUT2D eigenvalue weighted by Crippen LogP contribution is -2.34. The number of halogens is 1. The van der Waals surface area contributed by atoms with Gasteiger partial charge in [0.1, 0.15) is 0 Å². The van der Waals surface area contributed by atoms with Crippen LogP contribution >= 0.6 is 23.7 Å². The highest BCUT2D eigenvalue weighted by atomic mass is 35.5. The van der Waals surface area contributed by atoms with Gasteiger partial charge in [-0.3, -0.25) is 4.79 Å². The Morgan fingerprint density at radius 1 is 1.60 bits per heavy atom. The van der Waals surface area contributed by atoms with E-state index in [4.69, 9.17) is 10.5 Å². The molecule has 1 unspecified atom stereocenters. The van der Waals surface area contributed by atoms with E-state index >= 15 is 0 Å². The van der Waals surface area contributed by atoms with Crippen LogP contribution in [0.15, 0.2) is 6.07 Å². The fraction of sp³-hybridized carbons (Fsp3) is 0.643. The van der Waals surface area contributed by atoms with E-state index in [9.17, 15) is 4.79 Å². The first kappa shape index (κ1) is 15.8. The van der Waals surface area contributed by atoms with Crippen molar-refractivity contribution in [2.75, 3.05) is 26.2 Å². The highest BCUT2D eigenvalue weighted by Gasteiger charge is 2.35. The molecule has 0 spiro atoms. The summed E-state index contributed by atoms with van der Waals surface area (Å²) in [4.78, 5) is 16.6. The van der Waals surface area contributed by atoms with Crippen molar-refractivity contribution in [1.82, 2.24) is 4.90 Å². The lowest BCUT2D eigenvalue weighted by molar-refractivity contribution is 0.0781. The Morgan fingerprint density at radius 3 is 3.05 bits per heavy atom. The number of carbonyl (C=O) groups excluding carboxylic acids is 1. The molecule has 20 heavy (non-hydrogen) atoms. The molecule has 3 rings (SSSR count). The largest absolute Gasteiger partial charge is 0.376 e. The van der Waals surface area contributed by atoms with Gasteiger partial charge in [0.05, 0.1) is 18.1 Å². The summed E-state index contributed by atoms with van der Waals surface area (Å²) in [5, 5.41) is 0. The summed E-state index contributed by atoms with van der Waals surface area (Å²) in [7, 11) is 0. The molecule has 1 aromatic rings. The molecule has 112 valence electrons. The van der Waals surface area contributed by atoms with Crippen LogP contribution in [-0.4, -0.2) is 37.0 Å². The fourth-order valence-corrected chi connectivity index (χ4v) is 3.89. The van der Waals surface area contributed by atoms with Gasteiger partial charge in [-0.15, -0.1) is 23.7 Å². The average molecular weight is 317 g/mol. The Balaban J connectivity index is 0.00000147. The molecule has 6 heteroatoms. The van der Waals surface area contributed by atoms with Gasteiger partial charge in [-0.05, 0) is 30.0 Å². The van der Waals surface area contributed by atoms with Gasteiger partial charge in [-0.1, -0.05) is 6.92 Å². The van der Waals surface area contributed by atoms with Crippen LogP contribution in [0.5, 0.6) is 0 Å². The molecule has 1 atom stereocenters. The van der Waals surface area contributed by atoms with Gasteiger partial charge in [0, 0.05) is 24.4 Å². The van der Waals surface area contributed by atoms with Crippen LogP contribution in [0.1, 0.15) is 33.5 Å². The Labute approximate surface area is 129 Å². The van der Waals surface area contributed by atoms with Crippen molar-refractivity contribution in [1.29, 1.82) is 0 Å². The highest BCUT2D eigenvalue weighted by Crippen LogP contribution is 2.32. The molecular formula is C14H21ClN2O2S. The van der Waals surface area contributed by atoms with Gasteiger partial charge in [0.15, 0.2) is 0 Å². The third-order valence-electron chi connectivity index (χ3n) is 4.18. The van der Waals surface area contributed by atoms with Gasteiger partial charge in [-0.25, -0.2) is 0 Å². The number of fused-ring (bicyclic) bond motifs is 1. The molecule has 1 fully saturated rings. The lowest BCUT2D eigenvalue weighted by atomic mass is 9.90. The van der Waals surface area contributed by atoms with Crippen molar-refractivity contribution in [2.45, 2.75) is 26.4 Å². The molecule has 0 aliphatic carbocycles. The molecule has 2 aliphatic rings. The zero-order chi connectivity index (χ0) is 13.5. The molecule has 1 aromatic heterocycles. The van der Waals surface area contributed by atoms with E-state index < -0.39 is 0 Å². The van der Waals surface area contributed by atoms with Crippen LogP contribution in [0.2, 0.25) is 0 Å². The van der Waals surface area contributed by atoms with Crippen molar-refractivity contribution in [3.8, 4) is 0 Å². The first-order valence-corrected chi connectivity index (χ1v) is 7.62. The van der Waals surface area contributed by atoms with E-state index in [2.05, 4.69) is 6.92 Å². The molecule has 0 bridgehead atoms. The average Bonchev–Trinajstić information content (AvgIpc) is 3.02. The number of carbonyl (C=O) groups is 1. The summed E-state index contributed by atoms with van der Waals surface area (Å²) in [6, 6.07) is 2.01. The third kappa shape index (κ3) is 2.86. The Hall–Kier alpha value is -0.620. The normalized spacial score (nSPS) is 25.2. The van der Waals surface area contributed by atoms with Gasteiger partial charge in [0.2, 0.25) is 0 Å². The second-order valence-electron chi connectivity index (χ2n) is 5.85. The SMILES string of the molecule is CC1(CN)CCN(C(=O)c2cc3c(s2)CCOC3)C1.Cl. The zero-order valence-corrected chi connectivity index (χ0v) is 13.3. The van der Waals surface area contributed by atoms with Crippen LogP contribution in [0, 0.1) is 5.41 Å². The van der Waals surface area contributed by atoms with E-state index in [1.165, 1.54) is 10.4 Å². The zero-order valence-electron chi connectivity index (χ0n) is 11.7. The van der Waals surface area contributed by atoms with Crippen LogP contribution in [0.25, 0.3) is 0 Å². The number of nitrogens with zero attached hydrogens (tertiary/aromatic N) is 1. The second-order valence-corrected chi connectivity index (χ2v) is 6.99. The summed E-state index contributed by atoms with van der Waals surface area (Å²) in [5.74, 6) is 0.163. The lowest BCUT2D eigenvalue weighted by Gasteiger charge is -2.22. The fourth-order valence-electron chi connectivity index (χ4n) is 2.77. The third-order valence-corrected chi connectivity index (χ3v) is 5.40. The van der Waals surface area contributed by atoms with Gasteiger partial charge in [0.25, 0.3) is 5.91 Å². The maximum Gasteiger partial charge on any atom is 0.263 e. The minimum absolute atomic E-state index is 0. The number of ether oxygens (including phenoxy) is 1. The monoisotopic (exact) mass is 316 g/mol. The van der Waals surface area contributed by atoms with E-state index in [0.29, 0.717) is 13.2 Å². The van der Waals surface area contributed by atoms with Gasteiger partial charge in [-0.2, -0.15) is 0 Å². The minimum atomic E-state index is 0. The molecule has 0 radical (unpaired) electrons. The Bertz CT molecular complexity index is 482. The Kier molecular flexibility index (Phi) is 4.74. The van der Waals surface area contributed by atoms with Crippen LogP contribution < -0.4 is 5.73 Å². The van der Waals surface area contributed by atoms with E-state index in [0.717, 1.165) is 37.4 Å². The number of nitrogens with two attached hydrogens (primary N) is 1. The maximum atomic E-state index is 12.5. The van der Waals surface area contributed by atoms with Crippen molar-refractivity contribution in [3.05, 3.63) is 21.4 Å². The molecule has 1 saturated heterocycles. The van der Waals surface area contributed by atoms with Crippen molar-refractivity contribution < 1.29 is 9.53 Å². The number of hydrogen-bond acceptors (Lipinski definition) is 4. The van der Waals surface area contributed by atoms with Gasteiger partial charge < -0.3 is 15.4 Å². The number of thiophene rings is 1. The predicted octanol–water partition coefficient (Wildman–Crippen LogP) is 2.05. The van der Waals surface area contributed by atoms with E-state index in [1.54, 1.807) is 11.3 Å². The molecule has 4 nitrogen and oxygen atoms in total. The van der Waals surface area contributed by atoms with Crippen molar-refractivity contribution in [2.24, 2.45) is 11.1 Å². The number of rotatable bonds is 2. The van der Waals surface area contributed by atoms with Crippen molar-refractivity contribution >= 4 is 29.7 Å². The minimum Gasteiger partial charge on any atom is -0.376 e. The van der Waals surface area contributed by atoms with Crippen LogP contribution in [-0.2, 0) is 17.8 Å². The molecule has 0 aromatic carbocycles. The highest BCUT2D eigenvalue weighted by molar-refractivity contribution is 7.14. The first-order chi connectivity index (χ1) is 9.11. The summed E-state index contributed by atoms with van der Waals surface area (Å²) in [6.45, 7) is 5.84. The standard InChI is InChI=1S/C14H20N2O2S.ClH/c1-14(8-15)3-4-16(9-14)13(17)12-6-10-7-18-5-2-11(10)19-12;/h6H,2-5,7-9,15H2,1H3;1H. The van der Waals surface area contributed by atoms with Crippen LogP contribution in [0.3, 0.4) is 0 Å². The van der Waals surface area contributed by atoms with Crippen LogP contribution in [0.4, 0.5) is 0 Å². The first-order valence-electron chi connectivity index (χ1n) is 6.80. The van der Waals surface area contributed by atoms with E-state index in [1.807, 2.05) is 11.0 Å². The number of hydrogen-bond donors (Lipinski definition) is 1. The molecule has 0 saturated carbocycles. The second kappa shape index (κ2) is 6.02. The Morgan fingerprint density at radius 2 is 2.40 bits per heavy atom. The van der Waals surface area contributed by atoms with Gasteiger partial charge >= 0.3 is 0 Å². The predicted molar refractivity (Wildman–Crippen MR) is 82.6 cm³/mol. The molecule has 1 amide bonds. The number of amides is 1. The topological polar surface area (TPSA) is 55.6 Å². The maximum absolute atomic E-state index is 12.5. The smallest absolute Gasteiger partial charge is 0.263 e. The van der Waals surface area contributed by atoms with Crippen molar-refractivity contribution in [3.63, 3.8) is 0 Å². The molecule has 2 N–H and O–H groups in total. The van der Waals surface area contributed by atoms with E-state index in [-0.39, 0.29) is 23.7 Å². The number of likely N-dealkylation sites (tertiary alicyclic amines) is 1. The molecule has 2 aliphatic heterocycles. The quantitative estimate of drug-likeness (QED) is 0.908. The summed E-state index contributed by atoms with van der Waals surface area (Å²) < 4.78 is 5.43. The summed E-state index contributed by atoms with van der Waals surface area (Å²) in [5.41, 5.74) is 7.08. The molecule has 3 heterocycles. The summed E-state index contributed by atoms with van der Waals surface area (Å²) in [6.07, 6.45) is 1.94. The molecular weight excluding hydrogens is 296 g/mol.